The van der Waals surface area contributed by atoms with E-state index < -0.39 is 0 Å². The summed E-state index contributed by atoms with van der Waals surface area (Å²) in [6, 6.07) is 13.0. The van der Waals surface area contributed by atoms with Gasteiger partial charge in [-0.1, -0.05) is 24.3 Å². The van der Waals surface area contributed by atoms with Gasteiger partial charge >= 0.3 is 0 Å². The van der Waals surface area contributed by atoms with Crippen LogP contribution < -0.4 is 0 Å². The second-order valence-corrected chi connectivity index (χ2v) is 7.78. The van der Waals surface area contributed by atoms with E-state index in [4.69, 9.17) is 11.6 Å². The van der Waals surface area contributed by atoms with E-state index in [1.165, 1.54) is 26.2 Å². The summed E-state index contributed by atoms with van der Waals surface area (Å²) in [6.45, 7) is 0. The van der Waals surface area contributed by atoms with Crippen molar-refractivity contribution in [3.05, 3.63) is 56.2 Å². The molecule has 18 heavy (non-hydrogen) atoms. The van der Waals surface area contributed by atoms with Crippen molar-refractivity contribution in [1.29, 1.82) is 0 Å². The van der Waals surface area contributed by atoms with Crippen molar-refractivity contribution in [1.82, 2.24) is 0 Å². The fourth-order valence-corrected chi connectivity index (χ4v) is 4.60. The highest BCUT2D eigenvalue weighted by Crippen LogP contribution is 2.41. The molecule has 0 saturated heterocycles. The third kappa shape index (κ3) is 2.52. The fourth-order valence-electron chi connectivity index (χ4n) is 2.68. The quantitative estimate of drug-likeness (QED) is 0.624. The van der Waals surface area contributed by atoms with Gasteiger partial charge in [-0.3, -0.25) is 0 Å². The SMILES string of the molecule is ClC(c1ccc(Br)s1)C1CCc2ccccc2C1. The lowest BCUT2D eigenvalue weighted by atomic mass is 9.82. The average Bonchev–Trinajstić information content (AvgIpc) is 2.84. The number of hydrogen-bond donors (Lipinski definition) is 0. The molecule has 0 amide bonds. The molecule has 0 bridgehead atoms. The molecule has 1 aliphatic rings. The fraction of sp³-hybridized carbons (Fsp3) is 0.333. The summed E-state index contributed by atoms with van der Waals surface area (Å²) < 4.78 is 1.17. The normalized spacial score (nSPS) is 20.4. The number of halogens is 2. The number of alkyl halides is 1. The summed E-state index contributed by atoms with van der Waals surface area (Å²) in [5.41, 5.74) is 2.99. The Morgan fingerprint density at radius 3 is 2.67 bits per heavy atom. The van der Waals surface area contributed by atoms with Crippen LogP contribution in [-0.4, -0.2) is 0 Å². The second-order valence-electron chi connectivity index (χ2n) is 4.82. The highest BCUT2D eigenvalue weighted by atomic mass is 79.9. The van der Waals surface area contributed by atoms with Crippen LogP contribution in [0.1, 0.15) is 27.8 Å². The van der Waals surface area contributed by atoms with Gasteiger partial charge in [-0.25, -0.2) is 0 Å². The number of hydrogen-bond acceptors (Lipinski definition) is 1. The maximum Gasteiger partial charge on any atom is 0.0710 e. The summed E-state index contributed by atoms with van der Waals surface area (Å²) in [5, 5.41) is 0.148. The van der Waals surface area contributed by atoms with E-state index in [-0.39, 0.29) is 5.38 Å². The van der Waals surface area contributed by atoms with Gasteiger partial charge in [-0.15, -0.1) is 22.9 Å². The molecule has 1 aromatic heterocycles. The highest BCUT2D eigenvalue weighted by molar-refractivity contribution is 9.11. The Hall–Kier alpha value is -0.310. The Bertz CT molecular complexity index is 549. The average molecular weight is 342 g/mol. The lowest BCUT2D eigenvalue weighted by Gasteiger charge is -2.27. The van der Waals surface area contributed by atoms with Crippen LogP contribution in [0.2, 0.25) is 0 Å². The topological polar surface area (TPSA) is 0 Å². The molecule has 0 fully saturated rings. The molecule has 0 nitrogen and oxygen atoms in total. The van der Waals surface area contributed by atoms with E-state index >= 15 is 0 Å². The summed E-state index contributed by atoms with van der Waals surface area (Å²) in [5.74, 6) is 0.562. The number of benzene rings is 1. The maximum absolute atomic E-state index is 6.65. The number of fused-ring (bicyclic) bond motifs is 1. The Balaban J connectivity index is 1.79. The molecule has 3 heteroatoms. The van der Waals surface area contributed by atoms with E-state index in [1.54, 1.807) is 11.3 Å². The molecule has 1 aromatic carbocycles. The van der Waals surface area contributed by atoms with Crippen LogP contribution in [-0.2, 0) is 12.8 Å². The van der Waals surface area contributed by atoms with Gasteiger partial charge in [0.25, 0.3) is 0 Å². The molecule has 0 saturated carbocycles. The lowest BCUT2D eigenvalue weighted by molar-refractivity contribution is 0.446. The molecular formula is C15H14BrClS. The molecule has 2 unspecified atom stereocenters. The van der Waals surface area contributed by atoms with Gasteiger partial charge < -0.3 is 0 Å². The molecule has 1 heterocycles. The van der Waals surface area contributed by atoms with Crippen molar-refractivity contribution >= 4 is 38.9 Å². The van der Waals surface area contributed by atoms with Gasteiger partial charge in [0.05, 0.1) is 9.16 Å². The molecule has 2 aromatic rings. The van der Waals surface area contributed by atoms with E-state index in [1.807, 2.05) is 0 Å². The smallest absolute Gasteiger partial charge is 0.0710 e. The highest BCUT2D eigenvalue weighted by Gasteiger charge is 2.26. The minimum absolute atomic E-state index is 0.148. The van der Waals surface area contributed by atoms with Crippen LogP contribution in [0.3, 0.4) is 0 Å². The Labute approximate surface area is 125 Å². The third-order valence-electron chi connectivity index (χ3n) is 3.66. The van der Waals surface area contributed by atoms with Gasteiger partial charge in [0.2, 0.25) is 0 Å². The first kappa shape index (κ1) is 12.7. The van der Waals surface area contributed by atoms with Crippen LogP contribution in [0.15, 0.2) is 40.2 Å². The Kier molecular flexibility index (Phi) is 3.78. The molecule has 2 atom stereocenters. The van der Waals surface area contributed by atoms with Crippen LogP contribution in [0.25, 0.3) is 0 Å². The van der Waals surface area contributed by atoms with Crippen molar-refractivity contribution in [2.24, 2.45) is 5.92 Å². The summed E-state index contributed by atoms with van der Waals surface area (Å²) in [4.78, 5) is 1.29. The number of aryl methyl sites for hydroxylation is 1. The first-order valence-electron chi connectivity index (χ1n) is 6.20. The maximum atomic E-state index is 6.65. The van der Waals surface area contributed by atoms with Crippen molar-refractivity contribution in [3.8, 4) is 0 Å². The van der Waals surface area contributed by atoms with Gasteiger partial charge in [-0.2, -0.15) is 0 Å². The summed E-state index contributed by atoms with van der Waals surface area (Å²) >= 11 is 11.9. The predicted molar refractivity (Wildman–Crippen MR) is 82.6 cm³/mol. The van der Waals surface area contributed by atoms with Gasteiger partial charge in [0.1, 0.15) is 0 Å². The zero-order valence-corrected chi connectivity index (χ0v) is 13.1. The van der Waals surface area contributed by atoms with E-state index in [9.17, 15) is 0 Å². The van der Waals surface area contributed by atoms with Crippen LogP contribution >= 0.6 is 38.9 Å². The van der Waals surface area contributed by atoms with Crippen LogP contribution in [0, 0.1) is 5.92 Å². The summed E-state index contributed by atoms with van der Waals surface area (Å²) in [6.07, 6.45) is 3.47. The van der Waals surface area contributed by atoms with E-state index in [0.717, 1.165) is 12.8 Å². The van der Waals surface area contributed by atoms with Crippen LogP contribution in [0.5, 0.6) is 0 Å². The Morgan fingerprint density at radius 1 is 1.17 bits per heavy atom. The van der Waals surface area contributed by atoms with Gasteiger partial charge in [0, 0.05) is 4.88 Å². The molecule has 0 radical (unpaired) electrons. The molecule has 0 N–H and O–H groups in total. The van der Waals surface area contributed by atoms with Gasteiger partial charge in [-0.05, 0) is 64.4 Å². The van der Waals surface area contributed by atoms with E-state index in [0.29, 0.717) is 5.92 Å². The zero-order chi connectivity index (χ0) is 12.5. The van der Waals surface area contributed by atoms with Crippen molar-refractivity contribution < 1.29 is 0 Å². The lowest BCUT2D eigenvalue weighted by Crippen LogP contribution is -2.17. The number of rotatable bonds is 2. The molecule has 0 spiro atoms. The monoisotopic (exact) mass is 340 g/mol. The minimum atomic E-state index is 0.148. The molecule has 0 aliphatic heterocycles. The number of thiophene rings is 1. The van der Waals surface area contributed by atoms with Crippen molar-refractivity contribution in [2.45, 2.75) is 24.6 Å². The van der Waals surface area contributed by atoms with Crippen LogP contribution in [0.4, 0.5) is 0 Å². The molecule has 94 valence electrons. The third-order valence-corrected chi connectivity index (χ3v) is 6.09. The largest absolute Gasteiger partial charge is 0.132 e. The molecular weight excluding hydrogens is 328 g/mol. The first-order valence-corrected chi connectivity index (χ1v) is 8.25. The first-order chi connectivity index (χ1) is 8.74. The van der Waals surface area contributed by atoms with E-state index in [2.05, 4.69) is 52.3 Å². The molecule has 3 rings (SSSR count). The minimum Gasteiger partial charge on any atom is -0.132 e. The molecule has 1 aliphatic carbocycles. The van der Waals surface area contributed by atoms with Gasteiger partial charge in [0.15, 0.2) is 0 Å². The predicted octanol–water partition coefficient (Wildman–Crippen LogP) is 5.60. The Morgan fingerprint density at radius 2 is 1.94 bits per heavy atom. The van der Waals surface area contributed by atoms with Crippen molar-refractivity contribution in [3.63, 3.8) is 0 Å². The van der Waals surface area contributed by atoms with Crippen molar-refractivity contribution in [2.75, 3.05) is 0 Å². The standard InChI is InChI=1S/C15H14BrClS/c16-14-8-7-13(18-14)15(17)12-6-5-10-3-1-2-4-11(10)9-12/h1-4,7-8,12,15H,5-6,9H2. The second kappa shape index (κ2) is 5.36. The summed E-state index contributed by atoms with van der Waals surface area (Å²) in [7, 11) is 0. The zero-order valence-electron chi connectivity index (χ0n) is 9.90.